The highest BCUT2D eigenvalue weighted by Gasteiger charge is 2.15. The van der Waals surface area contributed by atoms with Gasteiger partial charge in [0.05, 0.1) is 12.4 Å². The summed E-state index contributed by atoms with van der Waals surface area (Å²) in [6.45, 7) is 9.71. The van der Waals surface area contributed by atoms with Crippen LogP contribution < -0.4 is 10.2 Å². The van der Waals surface area contributed by atoms with Crippen LogP contribution in [0.4, 0.5) is 11.6 Å². The fraction of sp³-hybridized carbons (Fsp3) is 0.692. The van der Waals surface area contributed by atoms with E-state index in [-0.39, 0.29) is 0 Å². The molecule has 0 fully saturated rings. The predicted molar refractivity (Wildman–Crippen MR) is 73.5 cm³/mol. The van der Waals surface area contributed by atoms with Crippen molar-refractivity contribution in [3.8, 4) is 0 Å². The lowest BCUT2D eigenvalue weighted by Crippen LogP contribution is -2.33. The summed E-state index contributed by atoms with van der Waals surface area (Å²) < 4.78 is 0. The highest BCUT2D eigenvalue weighted by Crippen LogP contribution is 2.17. The summed E-state index contributed by atoms with van der Waals surface area (Å²) in [5.74, 6) is 2.37. The maximum absolute atomic E-state index is 4.57. The molecule has 1 atom stereocenters. The van der Waals surface area contributed by atoms with Crippen molar-refractivity contribution < 1.29 is 0 Å². The molecule has 0 aliphatic carbocycles. The fourth-order valence-corrected chi connectivity index (χ4v) is 1.52. The molecular weight excluding hydrogens is 212 g/mol. The molecule has 1 heterocycles. The van der Waals surface area contributed by atoms with Crippen LogP contribution in [0.1, 0.15) is 34.1 Å². The van der Waals surface area contributed by atoms with Gasteiger partial charge in [-0.15, -0.1) is 0 Å². The summed E-state index contributed by atoms with van der Waals surface area (Å²) in [5, 5.41) is 3.26. The van der Waals surface area contributed by atoms with E-state index in [2.05, 4.69) is 54.9 Å². The van der Waals surface area contributed by atoms with E-state index in [1.54, 1.807) is 6.20 Å². The van der Waals surface area contributed by atoms with E-state index in [9.17, 15) is 0 Å². The van der Waals surface area contributed by atoms with Gasteiger partial charge in [-0.05, 0) is 19.3 Å². The number of nitrogens with zero attached hydrogens (tertiary/aromatic N) is 3. The molecule has 1 rings (SSSR count). The molecule has 4 heteroatoms. The summed E-state index contributed by atoms with van der Waals surface area (Å²) in [4.78, 5) is 11.0. The van der Waals surface area contributed by atoms with Gasteiger partial charge in [-0.2, -0.15) is 0 Å². The quantitative estimate of drug-likeness (QED) is 0.824. The minimum Gasteiger partial charge on any atom is -0.369 e. The van der Waals surface area contributed by atoms with Crippen LogP contribution in [0, 0.1) is 5.92 Å². The van der Waals surface area contributed by atoms with Gasteiger partial charge in [-0.1, -0.05) is 20.8 Å². The number of nitrogens with one attached hydrogen (secondary N) is 1. The van der Waals surface area contributed by atoms with Gasteiger partial charge in [0, 0.05) is 19.6 Å². The van der Waals surface area contributed by atoms with E-state index < -0.39 is 0 Å². The Morgan fingerprint density at radius 2 is 2.00 bits per heavy atom. The van der Waals surface area contributed by atoms with Gasteiger partial charge in [0.1, 0.15) is 11.6 Å². The van der Waals surface area contributed by atoms with Gasteiger partial charge in [0.2, 0.25) is 0 Å². The SMILES string of the molecule is CCCNc1cncc(N(C)C(C)C(C)C)n1. The lowest BCUT2D eigenvalue weighted by Gasteiger charge is -2.28. The zero-order chi connectivity index (χ0) is 12.8. The molecule has 0 saturated carbocycles. The van der Waals surface area contributed by atoms with Crippen LogP contribution in [0.2, 0.25) is 0 Å². The van der Waals surface area contributed by atoms with Gasteiger partial charge in [-0.25, -0.2) is 4.98 Å². The summed E-state index contributed by atoms with van der Waals surface area (Å²) in [6.07, 6.45) is 4.67. The molecular formula is C13H24N4. The zero-order valence-electron chi connectivity index (χ0n) is 11.6. The molecule has 17 heavy (non-hydrogen) atoms. The normalized spacial score (nSPS) is 12.6. The minimum absolute atomic E-state index is 0.450. The maximum Gasteiger partial charge on any atom is 0.149 e. The maximum atomic E-state index is 4.57. The average Bonchev–Trinajstić information content (AvgIpc) is 2.34. The van der Waals surface area contributed by atoms with Crippen LogP contribution in [0.5, 0.6) is 0 Å². The van der Waals surface area contributed by atoms with Crippen molar-refractivity contribution in [2.45, 2.75) is 40.2 Å². The second kappa shape index (κ2) is 6.42. The van der Waals surface area contributed by atoms with Crippen LogP contribution in [-0.4, -0.2) is 29.6 Å². The van der Waals surface area contributed by atoms with Gasteiger partial charge in [-0.3, -0.25) is 4.98 Å². The molecule has 0 spiro atoms. The van der Waals surface area contributed by atoms with Gasteiger partial charge < -0.3 is 10.2 Å². The third-order valence-corrected chi connectivity index (χ3v) is 3.12. The Bertz CT molecular complexity index is 338. The topological polar surface area (TPSA) is 41.1 Å². The van der Waals surface area contributed by atoms with E-state index in [4.69, 9.17) is 0 Å². The van der Waals surface area contributed by atoms with Gasteiger partial charge >= 0.3 is 0 Å². The van der Waals surface area contributed by atoms with Crippen molar-refractivity contribution in [1.29, 1.82) is 0 Å². The van der Waals surface area contributed by atoms with Crippen molar-refractivity contribution in [1.82, 2.24) is 9.97 Å². The third kappa shape index (κ3) is 3.88. The standard InChI is InChI=1S/C13H24N4/c1-6-7-15-12-8-14-9-13(16-12)17(5)11(4)10(2)3/h8-11H,6-7H2,1-5H3,(H,15,16). The first kappa shape index (κ1) is 13.7. The summed E-state index contributed by atoms with van der Waals surface area (Å²) in [7, 11) is 2.07. The smallest absolute Gasteiger partial charge is 0.149 e. The van der Waals surface area contributed by atoms with Crippen molar-refractivity contribution in [3.63, 3.8) is 0 Å². The van der Waals surface area contributed by atoms with Crippen LogP contribution in [0.3, 0.4) is 0 Å². The highest BCUT2D eigenvalue weighted by molar-refractivity contribution is 5.43. The Hall–Kier alpha value is -1.32. The van der Waals surface area contributed by atoms with E-state index >= 15 is 0 Å². The highest BCUT2D eigenvalue weighted by atomic mass is 15.2. The van der Waals surface area contributed by atoms with E-state index in [1.807, 2.05) is 6.20 Å². The summed E-state index contributed by atoms with van der Waals surface area (Å²) in [6, 6.07) is 0.450. The number of aromatic nitrogens is 2. The molecule has 0 saturated heterocycles. The van der Waals surface area contributed by atoms with E-state index in [1.165, 1.54) is 0 Å². The molecule has 4 nitrogen and oxygen atoms in total. The van der Waals surface area contributed by atoms with Crippen molar-refractivity contribution in [2.75, 3.05) is 23.8 Å². The molecule has 0 aliphatic heterocycles. The molecule has 0 bridgehead atoms. The van der Waals surface area contributed by atoms with Gasteiger partial charge in [0.25, 0.3) is 0 Å². The van der Waals surface area contributed by atoms with Crippen LogP contribution in [0.25, 0.3) is 0 Å². The number of anilines is 2. The molecule has 0 aromatic carbocycles. The van der Waals surface area contributed by atoms with E-state index in [0.717, 1.165) is 24.6 Å². The number of hydrogen-bond acceptors (Lipinski definition) is 4. The van der Waals surface area contributed by atoms with Gasteiger partial charge in [0.15, 0.2) is 0 Å². The summed E-state index contributed by atoms with van der Waals surface area (Å²) in [5.41, 5.74) is 0. The van der Waals surface area contributed by atoms with Crippen molar-refractivity contribution in [3.05, 3.63) is 12.4 Å². The van der Waals surface area contributed by atoms with E-state index in [0.29, 0.717) is 12.0 Å². The molecule has 1 unspecified atom stereocenters. The third-order valence-electron chi connectivity index (χ3n) is 3.12. The second-order valence-electron chi connectivity index (χ2n) is 4.78. The minimum atomic E-state index is 0.450. The molecule has 1 aromatic rings. The predicted octanol–water partition coefficient (Wildman–Crippen LogP) is 2.78. The Labute approximate surface area is 104 Å². The Morgan fingerprint density at radius 1 is 1.29 bits per heavy atom. The van der Waals surface area contributed by atoms with Crippen LogP contribution >= 0.6 is 0 Å². The molecule has 96 valence electrons. The zero-order valence-corrected chi connectivity index (χ0v) is 11.6. The second-order valence-corrected chi connectivity index (χ2v) is 4.78. The number of hydrogen-bond donors (Lipinski definition) is 1. The molecule has 0 radical (unpaired) electrons. The first-order chi connectivity index (χ1) is 8.06. The molecule has 1 N–H and O–H groups in total. The van der Waals surface area contributed by atoms with Crippen molar-refractivity contribution in [2.24, 2.45) is 5.92 Å². The summed E-state index contributed by atoms with van der Waals surface area (Å²) >= 11 is 0. The van der Waals surface area contributed by atoms with Crippen LogP contribution in [0.15, 0.2) is 12.4 Å². The fourth-order valence-electron chi connectivity index (χ4n) is 1.52. The van der Waals surface area contributed by atoms with Crippen LogP contribution in [-0.2, 0) is 0 Å². The first-order valence-corrected chi connectivity index (χ1v) is 6.35. The Morgan fingerprint density at radius 3 is 2.59 bits per heavy atom. The molecule has 1 aromatic heterocycles. The Kier molecular flexibility index (Phi) is 5.19. The Balaban J connectivity index is 2.76. The van der Waals surface area contributed by atoms with Crippen molar-refractivity contribution >= 4 is 11.6 Å². The monoisotopic (exact) mass is 236 g/mol. The molecule has 0 amide bonds. The average molecular weight is 236 g/mol. The number of rotatable bonds is 6. The lowest BCUT2D eigenvalue weighted by molar-refractivity contribution is 0.502. The first-order valence-electron chi connectivity index (χ1n) is 6.35. The lowest BCUT2D eigenvalue weighted by atomic mass is 10.1. The largest absolute Gasteiger partial charge is 0.369 e. The molecule has 0 aliphatic rings.